The van der Waals surface area contributed by atoms with E-state index in [0.29, 0.717) is 16.3 Å². The van der Waals surface area contributed by atoms with Gasteiger partial charge in [-0.15, -0.1) is 0 Å². The van der Waals surface area contributed by atoms with E-state index < -0.39 is 6.04 Å². The summed E-state index contributed by atoms with van der Waals surface area (Å²) in [6, 6.07) is 4.12. The summed E-state index contributed by atoms with van der Waals surface area (Å²) in [6.07, 6.45) is 0. The number of nitrogens with two attached hydrogens (primary N) is 1. The quantitative estimate of drug-likeness (QED) is 0.334. The highest BCUT2D eigenvalue weighted by molar-refractivity contribution is 6.30. The molecule has 0 radical (unpaired) electrons. The van der Waals surface area contributed by atoms with Crippen LogP contribution < -0.4 is 15.8 Å². The maximum atomic E-state index is 12.2. The minimum atomic E-state index is -0.576. The summed E-state index contributed by atoms with van der Waals surface area (Å²) in [4.78, 5) is 12.2. The van der Waals surface area contributed by atoms with E-state index in [0.717, 1.165) is 0 Å². The Balaban J connectivity index is 3.01. The number of amides is 1. The van der Waals surface area contributed by atoms with Gasteiger partial charge in [-0.1, -0.05) is 30.6 Å². The van der Waals surface area contributed by atoms with E-state index in [4.69, 9.17) is 27.3 Å². The molecule has 6 nitrogen and oxygen atoms in total. The highest BCUT2D eigenvalue weighted by Crippen LogP contribution is 2.23. The first-order chi connectivity index (χ1) is 9.40. The molecule has 0 saturated heterocycles. The molecule has 1 atom stereocenters. The normalized spacial score (nSPS) is 13.2. The van der Waals surface area contributed by atoms with Crippen LogP contribution in [0.15, 0.2) is 23.4 Å². The third kappa shape index (κ3) is 3.77. The number of carbonyl (C=O) groups is 1. The zero-order valence-electron chi connectivity index (χ0n) is 11.6. The van der Waals surface area contributed by atoms with Crippen LogP contribution in [-0.4, -0.2) is 30.1 Å². The number of hydrogen-bond donors (Lipinski definition) is 3. The van der Waals surface area contributed by atoms with E-state index in [9.17, 15) is 4.79 Å². The molecule has 0 aliphatic carbocycles. The van der Waals surface area contributed by atoms with Crippen molar-refractivity contribution in [1.29, 1.82) is 0 Å². The molecule has 1 aromatic carbocycles. The van der Waals surface area contributed by atoms with Crippen LogP contribution in [0.2, 0.25) is 5.02 Å². The van der Waals surface area contributed by atoms with E-state index in [1.165, 1.54) is 7.11 Å². The number of methoxy groups -OCH3 is 1. The summed E-state index contributed by atoms with van der Waals surface area (Å²) < 4.78 is 5.12. The van der Waals surface area contributed by atoms with Crippen molar-refractivity contribution < 1.29 is 14.7 Å². The van der Waals surface area contributed by atoms with Crippen LogP contribution in [0.1, 0.15) is 24.2 Å². The van der Waals surface area contributed by atoms with Crippen molar-refractivity contribution in [2.75, 3.05) is 7.11 Å². The summed E-state index contributed by atoms with van der Waals surface area (Å²) in [5.41, 5.74) is 5.90. The van der Waals surface area contributed by atoms with Gasteiger partial charge in [-0.05, 0) is 24.1 Å². The van der Waals surface area contributed by atoms with Gasteiger partial charge in [-0.25, -0.2) is 0 Å². The molecule has 0 aliphatic heterocycles. The zero-order chi connectivity index (χ0) is 15.3. The number of rotatable bonds is 5. The molecule has 1 unspecified atom stereocenters. The SMILES string of the molecule is COc1cc(Cl)ccc1C(=O)NC(C(N)=NO)C(C)C. The molecule has 0 spiro atoms. The van der Waals surface area contributed by atoms with E-state index in [-0.39, 0.29) is 17.7 Å². The number of ether oxygens (including phenoxy) is 1. The van der Waals surface area contributed by atoms with Gasteiger partial charge in [-0.3, -0.25) is 4.79 Å². The van der Waals surface area contributed by atoms with Crippen molar-refractivity contribution >= 4 is 23.3 Å². The maximum absolute atomic E-state index is 12.2. The first-order valence-electron chi connectivity index (χ1n) is 6.02. The van der Waals surface area contributed by atoms with Gasteiger partial charge in [0.1, 0.15) is 5.75 Å². The first-order valence-corrected chi connectivity index (χ1v) is 6.40. The molecule has 1 aromatic rings. The summed E-state index contributed by atoms with van der Waals surface area (Å²) in [5, 5.41) is 14.9. The number of nitrogens with one attached hydrogen (secondary N) is 1. The summed E-state index contributed by atoms with van der Waals surface area (Å²) in [6.45, 7) is 3.70. The number of nitrogens with zero attached hydrogens (tertiary/aromatic N) is 1. The van der Waals surface area contributed by atoms with Crippen molar-refractivity contribution in [2.45, 2.75) is 19.9 Å². The Morgan fingerprint density at radius 3 is 2.65 bits per heavy atom. The van der Waals surface area contributed by atoms with Crippen molar-refractivity contribution in [1.82, 2.24) is 5.32 Å². The fourth-order valence-electron chi connectivity index (χ4n) is 1.72. The third-order valence-corrected chi connectivity index (χ3v) is 3.03. The molecule has 0 saturated carbocycles. The first kappa shape index (κ1) is 16.1. The van der Waals surface area contributed by atoms with Crippen LogP contribution in [0.25, 0.3) is 0 Å². The van der Waals surface area contributed by atoms with Gasteiger partial charge in [0.15, 0.2) is 5.84 Å². The number of oxime groups is 1. The number of amidine groups is 1. The maximum Gasteiger partial charge on any atom is 0.255 e. The molecular weight excluding hydrogens is 282 g/mol. The summed E-state index contributed by atoms with van der Waals surface area (Å²) in [5.74, 6) is -0.116. The Labute approximate surface area is 122 Å². The topological polar surface area (TPSA) is 96.9 Å². The highest BCUT2D eigenvalue weighted by Gasteiger charge is 2.23. The Morgan fingerprint density at radius 1 is 1.50 bits per heavy atom. The molecule has 7 heteroatoms. The van der Waals surface area contributed by atoms with Crippen LogP contribution in [-0.2, 0) is 0 Å². The van der Waals surface area contributed by atoms with E-state index in [2.05, 4.69) is 10.5 Å². The highest BCUT2D eigenvalue weighted by atomic mass is 35.5. The molecule has 110 valence electrons. The Kier molecular flexibility index (Phi) is 5.64. The van der Waals surface area contributed by atoms with Crippen molar-refractivity contribution in [2.24, 2.45) is 16.8 Å². The standard InChI is InChI=1S/C13H18ClN3O3/c1-7(2)11(12(15)17-19)16-13(18)9-5-4-8(14)6-10(9)20-3/h4-7,11,19H,1-3H3,(H2,15,17)(H,16,18). The lowest BCUT2D eigenvalue weighted by molar-refractivity contribution is 0.0936. The lowest BCUT2D eigenvalue weighted by Crippen LogP contribution is -2.47. The number of carbonyl (C=O) groups excluding carboxylic acids is 1. The molecule has 4 N–H and O–H groups in total. The van der Waals surface area contributed by atoms with Gasteiger partial charge < -0.3 is 21.0 Å². The predicted molar refractivity (Wildman–Crippen MR) is 77.5 cm³/mol. The average molecular weight is 300 g/mol. The average Bonchev–Trinajstić information content (AvgIpc) is 2.42. The second kappa shape index (κ2) is 7.00. The van der Waals surface area contributed by atoms with Crippen LogP contribution in [0.5, 0.6) is 5.75 Å². The fraction of sp³-hybridized carbons (Fsp3) is 0.385. The largest absolute Gasteiger partial charge is 0.496 e. The van der Waals surface area contributed by atoms with Crippen molar-refractivity contribution in [3.8, 4) is 5.75 Å². The van der Waals surface area contributed by atoms with Crippen LogP contribution in [0.3, 0.4) is 0 Å². The molecule has 0 bridgehead atoms. The van der Waals surface area contributed by atoms with Crippen LogP contribution in [0, 0.1) is 5.92 Å². The van der Waals surface area contributed by atoms with E-state index in [1.54, 1.807) is 18.2 Å². The van der Waals surface area contributed by atoms with Gasteiger partial charge in [-0.2, -0.15) is 0 Å². The lowest BCUT2D eigenvalue weighted by Gasteiger charge is -2.21. The fourth-order valence-corrected chi connectivity index (χ4v) is 1.88. The minimum absolute atomic E-state index is 0.0341. The van der Waals surface area contributed by atoms with Gasteiger partial charge >= 0.3 is 0 Å². The lowest BCUT2D eigenvalue weighted by atomic mass is 10.0. The Morgan fingerprint density at radius 2 is 2.15 bits per heavy atom. The molecule has 0 fully saturated rings. The smallest absolute Gasteiger partial charge is 0.255 e. The number of halogens is 1. The molecule has 1 amide bonds. The molecule has 0 heterocycles. The molecule has 0 aromatic heterocycles. The molecular formula is C13H18ClN3O3. The number of hydrogen-bond acceptors (Lipinski definition) is 4. The third-order valence-electron chi connectivity index (χ3n) is 2.80. The van der Waals surface area contributed by atoms with E-state index >= 15 is 0 Å². The minimum Gasteiger partial charge on any atom is -0.496 e. The van der Waals surface area contributed by atoms with Crippen molar-refractivity contribution in [3.63, 3.8) is 0 Å². The Bertz CT molecular complexity index is 518. The van der Waals surface area contributed by atoms with Gasteiger partial charge in [0.2, 0.25) is 0 Å². The van der Waals surface area contributed by atoms with Crippen molar-refractivity contribution in [3.05, 3.63) is 28.8 Å². The van der Waals surface area contributed by atoms with E-state index in [1.807, 2.05) is 13.8 Å². The molecule has 1 rings (SSSR count). The monoisotopic (exact) mass is 299 g/mol. The van der Waals surface area contributed by atoms with Gasteiger partial charge in [0, 0.05) is 5.02 Å². The predicted octanol–water partition coefficient (Wildman–Crippen LogP) is 1.85. The second-order valence-corrected chi connectivity index (χ2v) is 5.00. The molecule has 20 heavy (non-hydrogen) atoms. The van der Waals surface area contributed by atoms with Gasteiger partial charge in [0.05, 0.1) is 18.7 Å². The van der Waals surface area contributed by atoms with Gasteiger partial charge in [0.25, 0.3) is 5.91 Å². The second-order valence-electron chi connectivity index (χ2n) is 4.56. The Hall–Kier alpha value is -1.95. The van der Waals surface area contributed by atoms with Crippen LogP contribution in [0.4, 0.5) is 0 Å². The summed E-state index contributed by atoms with van der Waals surface area (Å²) in [7, 11) is 1.45. The van der Waals surface area contributed by atoms with Crippen LogP contribution >= 0.6 is 11.6 Å². The summed E-state index contributed by atoms with van der Waals surface area (Å²) >= 11 is 5.85. The zero-order valence-corrected chi connectivity index (χ0v) is 12.3. The molecule has 0 aliphatic rings. The number of benzene rings is 1.